The number of ether oxygens (including phenoxy) is 1. The molecule has 0 N–H and O–H groups in total. The van der Waals surface area contributed by atoms with Crippen LogP contribution in [-0.2, 0) is 11.3 Å². The highest BCUT2D eigenvalue weighted by Crippen LogP contribution is 2.42. The number of nitrogens with zero attached hydrogens (tertiary/aromatic N) is 6. The van der Waals surface area contributed by atoms with E-state index in [9.17, 15) is 0 Å². The van der Waals surface area contributed by atoms with Gasteiger partial charge in [0.1, 0.15) is 0 Å². The van der Waals surface area contributed by atoms with Gasteiger partial charge in [-0.05, 0) is 64.0 Å². The van der Waals surface area contributed by atoms with Crippen LogP contribution in [0.3, 0.4) is 0 Å². The third kappa shape index (κ3) is 4.64. The Kier molecular flexibility index (Phi) is 6.83. The van der Waals surface area contributed by atoms with Crippen molar-refractivity contribution in [2.24, 2.45) is 0 Å². The summed E-state index contributed by atoms with van der Waals surface area (Å²) >= 11 is 0. The van der Waals surface area contributed by atoms with Gasteiger partial charge in [-0.25, -0.2) is 4.98 Å². The molecular formula is C32H42N6O. The average molecular weight is 527 g/mol. The fraction of sp³-hybridized carbons (Fsp3) is 0.531. The molecule has 0 atom stereocenters. The van der Waals surface area contributed by atoms with Crippen LogP contribution in [0.15, 0.2) is 42.5 Å². The van der Waals surface area contributed by atoms with Gasteiger partial charge in [0.05, 0.1) is 41.0 Å². The minimum absolute atomic E-state index is 0.685. The predicted octanol–water partition coefficient (Wildman–Crippen LogP) is 4.81. The first kappa shape index (κ1) is 25.1. The summed E-state index contributed by atoms with van der Waals surface area (Å²) in [4.78, 5) is 15.6. The molecule has 3 aliphatic rings. The zero-order chi connectivity index (χ0) is 26.3. The second-order valence-corrected chi connectivity index (χ2v) is 11.9. The van der Waals surface area contributed by atoms with Gasteiger partial charge in [0.15, 0.2) is 0 Å². The Morgan fingerprint density at radius 1 is 0.897 bits per heavy atom. The molecule has 0 bridgehead atoms. The molecule has 39 heavy (non-hydrogen) atoms. The second-order valence-electron chi connectivity index (χ2n) is 11.9. The molecule has 0 saturated carbocycles. The third-order valence-electron chi connectivity index (χ3n) is 9.33. The van der Waals surface area contributed by atoms with Crippen molar-refractivity contribution in [2.75, 3.05) is 82.9 Å². The molecule has 7 rings (SSSR count). The Labute approximate surface area is 231 Å². The number of para-hydroxylation sites is 1. The van der Waals surface area contributed by atoms with Gasteiger partial charge in [-0.1, -0.05) is 18.2 Å². The zero-order valence-electron chi connectivity index (χ0n) is 23.6. The Balaban J connectivity index is 1.29. The molecule has 206 valence electrons. The maximum absolute atomic E-state index is 5.57. The number of hydrogen-bond donors (Lipinski definition) is 0. The van der Waals surface area contributed by atoms with E-state index in [0.717, 1.165) is 83.0 Å². The number of rotatable bonds is 6. The summed E-state index contributed by atoms with van der Waals surface area (Å²) in [6.45, 7) is 10.4. The maximum atomic E-state index is 5.57. The monoisotopic (exact) mass is 526 g/mol. The van der Waals surface area contributed by atoms with Gasteiger partial charge in [0.25, 0.3) is 0 Å². The van der Waals surface area contributed by atoms with Crippen LogP contribution in [0, 0.1) is 0 Å². The lowest BCUT2D eigenvalue weighted by Gasteiger charge is -2.36. The first-order valence-electron chi connectivity index (χ1n) is 15.0. The molecule has 0 aliphatic carbocycles. The number of aromatic nitrogens is 2. The summed E-state index contributed by atoms with van der Waals surface area (Å²) in [5.74, 6) is 0. The average Bonchev–Trinajstić information content (AvgIpc) is 3.15. The van der Waals surface area contributed by atoms with Crippen molar-refractivity contribution in [1.82, 2.24) is 19.4 Å². The van der Waals surface area contributed by atoms with Gasteiger partial charge >= 0.3 is 0 Å². The Bertz CT molecular complexity index is 1460. The van der Waals surface area contributed by atoms with Crippen LogP contribution in [0.5, 0.6) is 0 Å². The van der Waals surface area contributed by atoms with Crippen molar-refractivity contribution in [3.8, 4) is 0 Å². The van der Waals surface area contributed by atoms with Crippen LogP contribution in [0.25, 0.3) is 32.8 Å². The van der Waals surface area contributed by atoms with Crippen LogP contribution in [0.4, 0.5) is 11.4 Å². The van der Waals surface area contributed by atoms with E-state index in [-0.39, 0.29) is 0 Å². The molecule has 2 aromatic heterocycles. The Morgan fingerprint density at radius 3 is 2.54 bits per heavy atom. The number of morpholine rings is 1. The van der Waals surface area contributed by atoms with E-state index in [1.54, 1.807) is 0 Å². The topological polar surface area (TPSA) is 40.0 Å². The third-order valence-corrected chi connectivity index (χ3v) is 9.33. The number of anilines is 2. The first-order valence-corrected chi connectivity index (χ1v) is 15.0. The number of fused-ring (bicyclic) bond motifs is 5. The summed E-state index contributed by atoms with van der Waals surface area (Å²) in [6.07, 6.45) is 4.76. The standard InChI is InChI=1S/C32H42N6O/c1-34(2)24-11-17-36(18-12-24)25-9-10-26-28(23-25)33-30-27-7-3-4-8-29(27)38-16-6-15-37(31(26)32(30)38)14-5-13-35-19-21-39-22-20-35/h3-4,7-10,23-24H,5-6,11-22H2,1-2H3. The summed E-state index contributed by atoms with van der Waals surface area (Å²) in [6, 6.07) is 16.6. The minimum atomic E-state index is 0.685. The molecule has 4 aromatic rings. The normalized spacial score (nSPS) is 19.6. The maximum Gasteiger partial charge on any atom is 0.0988 e. The van der Waals surface area contributed by atoms with Crippen LogP contribution in [0.1, 0.15) is 25.7 Å². The summed E-state index contributed by atoms with van der Waals surface area (Å²) in [5, 5.41) is 2.58. The van der Waals surface area contributed by atoms with Gasteiger partial charge in [0, 0.05) is 74.9 Å². The lowest BCUT2D eigenvalue weighted by molar-refractivity contribution is 0.0376. The minimum Gasteiger partial charge on any atom is -0.379 e. The molecule has 5 heterocycles. The van der Waals surface area contributed by atoms with Crippen molar-refractivity contribution in [1.29, 1.82) is 0 Å². The Morgan fingerprint density at radius 2 is 1.72 bits per heavy atom. The molecule has 7 heteroatoms. The second kappa shape index (κ2) is 10.6. The molecule has 2 saturated heterocycles. The molecule has 2 fully saturated rings. The number of aryl methyl sites for hydroxylation is 1. The molecule has 3 aliphatic heterocycles. The zero-order valence-corrected chi connectivity index (χ0v) is 23.6. The van der Waals surface area contributed by atoms with Crippen molar-refractivity contribution in [3.63, 3.8) is 0 Å². The van der Waals surface area contributed by atoms with Gasteiger partial charge in [-0.15, -0.1) is 0 Å². The van der Waals surface area contributed by atoms with Crippen LogP contribution >= 0.6 is 0 Å². The molecule has 0 spiro atoms. The first-order chi connectivity index (χ1) is 19.2. The molecular weight excluding hydrogens is 484 g/mol. The number of benzene rings is 2. The molecule has 0 radical (unpaired) electrons. The predicted molar refractivity (Wildman–Crippen MR) is 162 cm³/mol. The van der Waals surface area contributed by atoms with E-state index in [0.29, 0.717) is 6.04 Å². The van der Waals surface area contributed by atoms with Gasteiger partial charge in [0.2, 0.25) is 0 Å². The fourth-order valence-corrected chi connectivity index (χ4v) is 7.15. The van der Waals surface area contributed by atoms with Crippen molar-refractivity contribution >= 4 is 44.2 Å². The highest BCUT2D eigenvalue weighted by Gasteiger charge is 2.26. The van der Waals surface area contributed by atoms with Crippen molar-refractivity contribution < 1.29 is 4.74 Å². The molecule has 0 amide bonds. The van der Waals surface area contributed by atoms with Crippen molar-refractivity contribution in [3.05, 3.63) is 42.5 Å². The van der Waals surface area contributed by atoms with E-state index in [2.05, 4.69) is 80.7 Å². The molecule has 7 nitrogen and oxygen atoms in total. The lowest BCUT2D eigenvalue weighted by atomic mass is 10.0. The number of piperidine rings is 1. The van der Waals surface area contributed by atoms with Gasteiger partial charge < -0.3 is 24.0 Å². The lowest BCUT2D eigenvalue weighted by Crippen LogP contribution is -2.41. The van der Waals surface area contributed by atoms with Crippen LogP contribution in [-0.4, -0.2) is 98.5 Å². The quantitative estimate of drug-likeness (QED) is 0.359. The van der Waals surface area contributed by atoms with E-state index >= 15 is 0 Å². The molecule has 0 unspecified atom stereocenters. The van der Waals surface area contributed by atoms with E-state index in [1.807, 2.05) is 0 Å². The van der Waals surface area contributed by atoms with E-state index in [4.69, 9.17) is 9.72 Å². The largest absolute Gasteiger partial charge is 0.379 e. The van der Waals surface area contributed by atoms with Crippen molar-refractivity contribution in [2.45, 2.75) is 38.3 Å². The van der Waals surface area contributed by atoms with Crippen LogP contribution < -0.4 is 9.80 Å². The molecule has 2 aromatic carbocycles. The smallest absolute Gasteiger partial charge is 0.0988 e. The van der Waals surface area contributed by atoms with E-state index < -0.39 is 0 Å². The summed E-state index contributed by atoms with van der Waals surface area (Å²) in [7, 11) is 4.42. The van der Waals surface area contributed by atoms with E-state index in [1.165, 1.54) is 52.4 Å². The number of pyridine rings is 1. The van der Waals surface area contributed by atoms with Gasteiger partial charge in [-0.3, -0.25) is 4.90 Å². The Hall–Kier alpha value is -2.87. The highest BCUT2D eigenvalue weighted by molar-refractivity contribution is 6.17. The number of hydrogen-bond acceptors (Lipinski definition) is 6. The van der Waals surface area contributed by atoms with Crippen LogP contribution in [0.2, 0.25) is 0 Å². The fourth-order valence-electron chi connectivity index (χ4n) is 7.15. The highest BCUT2D eigenvalue weighted by atomic mass is 16.5. The SMILES string of the molecule is CN(C)C1CCN(c2ccc3c4c5c(nc3c2)c2ccccc2n5CCCN4CCCN2CCOCC2)CC1. The summed E-state index contributed by atoms with van der Waals surface area (Å²) < 4.78 is 8.12. The summed E-state index contributed by atoms with van der Waals surface area (Å²) in [5.41, 5.74) is 7.65. The van der Waals surface area contributed by atoms with Gasteiger partial charge in [-0.2, -0.15) is 0 Å².